The summed E-state index contributed by atoms with van der Waals surface area (Å²) in [4.78, 5) is 10.5. The summed E-state index contributed by atoms with van der Waals surface area (Å²) in [5.41, 5.74) is 15.9. The maximum absolute atomic E-state index is 10.5. The number of amides is 1. The average Bonchev–Trinajstić information content (AvgIpc) is 2.57. The molecule has 0 saturated carbocycles. The number of rotatable bonds is 11. The maximum Gasteiger partial charge on any atom is 0.406 e. The van der Waals surface area contributed by atoms with Gasteiger partial charge in [-0.3, -0.25) is 0 Å². The third-order valence-corrected chi connectivity index (χ3v) is 2.74. The second-order valence-electron chi connectivity index (χ2n) is 4.61. The lowest BCUT2D eigenvalue weighted by Gasteiger charge is -2.02. The molecule has 7 nitrogen and oxygen atoms in total. The van der Waals surface area contributed by atoms with E-state index in [0.29, 0.717) is 6.54 Å². The lowest BCUT2D eigenvalue weighted by atomic mass is 10.2. The number of carbonyl (C=O) groups excluding carboxylic acids is 1. The van der Waals surface area contributed by atoms with Crippen molar-refractivity contribution in [2.75, 3.05) is 40.4 Å². The second-order valence-corrected chi connectivity index (χ2v) is 4.61. The monoisotopic (exact) mass is 338 g/mol. The van der Waals surface area contributed by atoms with Gasteiger partial charge in [0.1, 0.15) is 0 Å². The van der Waals surface area contributed by atoms with Crippen LogP contribution in [-0.2, 0) is 4.74 Å². The van der Waals surface area contributed by atoms with Gasteiger partial charge in [0.05, 0.1) is 7.11 Å². The van der Waals surface area contributed by atoms with Crippen LogP contribution in [0.3, 0.4) is 0 Å². The Bertz CT molecular complexity index is 190. The van der Waals surface area contributed by atoms with Crippen molar-refractivity contribution >= 4 is 6.09 Å². The van der Waals surface area contributed by atoms with Gasteiger partial charge in [0, 0.05) is 13.7 Å². The van der Waals surface area contributed by atoms with E-state index in [1.165, 1.54) is 20.0 Å². The SMILES string of the molecule is C.CO.COC(=O)NCCCCCCN.NCCCCCCN. The molecule has 0 spiro atoms. The van der Waals surface area contributed by atoms with E-state index in [9.17, 15) is 4.79 Å². The standard InChI is InChI=1S/C8H18N2O2.C6H16N2.CH4O.CH4/c1-12-8(11)10-7-5-3-2-4-6-9;7-5-3-1-2-4-6-8;1-2;/h2-7,9H2,1H3,(H,10,11);1-8H2;2H,1H3;1H4. The van der Waals surface area contributed by atoms with Gasteiger partial charge in [0.25, 0.3) is 0 Å². The number of aliphatic hydroxyl groups excluding tert-OH is 1. The van der Waals surface area contributed by atoms with E-state index in [1.807, 2.05) is 0 Å². The predicted octanol–water partition coefficient (Wildman–Crippen LogP) is 1.57. The minimum Gasteiger partial charge on any atom is -0.453 e. The van der Waals surface area contributed by atoms with Crippen molar-refractivity contribution < 1.29 is 14.6 Å². The Kier molecular flexibility index (Phi) is 43.0. The number of nitrogens with two attached hydrogens (primary N) is 3. The number of alkyl carbamates (subject to hydrolysis) is 1. The summed E-state index contributed by atoms with van der Waals surface area (Å²) < 4.78 is 4.41. The van der Waals surface area contributed by atoms with Gasteiger partial charge in [0.15, 0.2) is 0 Å². The van der Waals surface area contributed by atoms with E-state index in [-0.39, 0.29) is 13.5 Å². The van der Waals surface area contributed by atoms with Crippen LogP contribution in [0.1, 0.15) is 58.8 Å². The third-order valence-electron chi connectivity index (χ3n) is 2.74. The minimum absolute atomic E-state index is 0. The molecule has 0 aliphatic rings. The van der Waals surface area contributed by atoms with E-state index in [1.54, 1.807) is 0 Å². The first-order valence-electron chi connectivity index (χ1n) is 8.09. The van der Waals surface area contributed by atoms with Crippen molar-refractivity contribution in [2.24, 2.45) is 17.2 Å². The number of aliphatic hydroxyl groups is 1. The summed E-state index contributed by atoms with van der Waals surface area (Å²) in [6.07, 6.45) is 8.75. The summed E-state index contributed by atoms with van der Waals surface area (Å²) in [5.74, 6) is 0. The first-order valence-corrected chi connectivity index (χ1v) is 8.09. The van der Waals surface area contributed by atoms with Gasteiger partial charge in [-0.25, -0.2) is 4.79 Å². The lowest BCUT2D eigenvalue weighted by Crippen LogP contribution is -2.23. The molecule has 1 amide bonds. The van der Waals surface area contributed by atoms with Gasteiger partial charge in [-0.05, 0) is 45.3 Å². The molecule has 0 radical (unpaired) electrons. The molecule has 8 N–H and O–H groups in total. The van der Waals surface area contributed by atoms with Gasteiger partial charge in [0.2, 0.25) is 0 Å². The third kappa shape index (κ3) is 38.7. The Morgan fingerprint density at radius 3 is 1.48 bits per heavy atom. The smallest absolute Gasteiger partial charge is 0.406 e. The Morgan fingerprint density at radius 2 is 1.17 bits per heavy atom. The molecular formula is C16H42N4O3. The zero-order chi connectivity index (χ0) is 17.5. The van der Waals surface area contributed by atoms with E-state index in [2.05, 4.69) is 10.1 Å². The molecule has 144 valence electrons. The summed E-state index contributed by atoms with van der Waals surface area (Å²) >= 11 is 0. The molecule has 0 aromatic carbocycles. The van der Waals surface area contributed by atoms with Crippen LogP contribution in [0.4, 0.5) is 4.79 Å². The summed E-state index contributed by atoms with van der Waals surface area (Å²) in [6.45, 7) is 3.09. The van der Waals surface area contributed by atoms with Crippen LogP contribution in [0.5, 0.6) is 0 Å². The van der Waals surface area contributed by atoms with Crippen LogP contribution >= 0.6 is 0 Å². The molecule has 23 heavy (non-hydrogen) atoms. The molecule has 0 bridgehead atoms. The molecule has 0 heterocycles. The summed E-state index contributed by atoms with van der Waals surface area (Å²) in [6, 6.07) is 0. The van der Waals surface area contributed by atoms with Crippen molar-refractivity contribution in [3.63, 3.8) is 0 Å². The Hall–Kier alpha value is -0.890. The fourth-order valence-electron chi connectivity index (χ4n) is 1.53. The topological polar surface area (TPSA) is 137 Å². The number of nitrogens with one attached hydrogen (secondary N) is 1. The molecule has 0 aromatic heterocycles. The number of hydrogen-bond donors (Lipinski definition) is 5. The highest BCUT2D eigenvalue weighted by Crippen LogP contribution is 1.96. The quantitative estimate of drug-likeness (QED) is 0.363. The highest BCUT2D eigenvalue weighted by Gasteiger charge is 1.95. The molecule has 7 heteroatoms. The summed E-state index contributed by atoms with van der Waals surface area (Å²) in [7, 11) is 2.36. The minimum atomic E-state index is -0.353. The van der Waals surface area contributed by atoms with Crippen molar-refractivity contribution in [3.05, 3.63) is 0 Å². The van der Waals surface area contributed by atoms with E-state index >= 15 is 0 Å². The van der Waals surface area contributed by atoms with Gasteiger partial charge >= 0.3 is 6.09 Å². The van der Waals surface area contributed by atoms with Crippen molar-refractivity contribution in [1.82, 2.24) is 5.32 Å². The highest BCUT2D eigenvalue weighted by atomic mass is 16.5. The molecule has 0 unspecified atom stereocenters. The molecular weight excluding hydrogens is 296 g/mol. The number of methoxy groups -OCH3 is 1. The molecule has 0 aliphatic heterocycles. The number of unbranched alkanes of at least 4 members (excludes halogenated alkanes) is 6. The van der Waals surface area contributed by atoms with E-state index < -0.39 is 0 Å². The maximum atomic E-state index is 10.5. The fourth-order valence-corrected chi connectivity index (χ4v) is 1.53. The van der Waals surface area contributed by atoms with E-state index in [0.717, 1.165) is 65.3 Å². The normalized spacial score (nSPS) is 8.61. The second kappa shape index (κ2) is 32.9. The Morgan fingerprint density at radius 1 is 0.826 bits per heavy atom. The zero-order valence-corrected chi connectivity index (χ0v) is 14.5. The predicted molar refractivity (Wildman–Crippen MR) is 99.4 cm³/mol. The number of carbonyl (C=O) groups is 1. The van der Waals surface area contributed by atoms with Crippen molar-refractivity contribution in [1.29, 1.82) is 0 Å². The van der Waals surface area contributed by atoms with Crippen LogP contribution in [0.25, 0.3) is 0 Å². The van der Waals surface area contributed by atoms with E-state index in [4.69, 9.17) is 22.3 Å². The summed E-state index contributed by atoms with van der Waals surface area (Å²) in [5, 5.41) is 9.62. The van der Waals surface area contributed by atoms with Gasteiger partial charge in [-0.15, -0.1) is 0 Å². The highest BCUT2D eigenvalue weighted by molar-refractivity contribution is 5.66. The van der Waals surface area contributed by atoms with Crippen LogP contribution in [-0.4, -0.2) is 51.6 Å². The molecule has 0 aliphatic carbocycles. The van der Waals surface area contributed by atoms with Crippen LogP contribution in [0, 0.1) is 0 Å². The van der Waals surface area contributed by atoms with Crippen LogP contribution < -0.4 is 22.5 Å². The average molecular weight is 339 g/mol. The van der Waals surface area contributed by atoms with Crippen molar-refractivity contribution in [3.8, 4) is 0 Å². The van der Waals surface area contributed by atoms with Crippen molar-refractivity contribution in [2.45, 2.75) is 58.8 Å². The fraction of sp³-hybridized carbons (Fsp3) is 0.938. The van der Waals surface area contributed by atoms with Gasteiger partial charge < -0.3 is 32.4 Å². The Balaban J connectivity index is -0.000000144. The molecule has 0 saturated heterocycles. The Labute approximate surface area is 143 Å². The number of hydrogen-bond acceptors (Lipinski definition) is 6. The first kappa shape index (κ1) is 30.0. The molecule has 0 aromatic rings. The first-order chi connectivity index (χ1) is 10.7. The molecule has 0 rings (SSSR count). The van der Waals surface area contributed by atoms with Crippen LogP contribution in [0.15, 0.2) is 0 Å². The largest absolute Gasteiger partial charge is 0.453 e. The van der Waals surface area contributed by atoms with Gasteiger partial charge in [-0.1, -0.05) is 33.1 Å². The zero-order valence-electron chi connectivity index (χ0n) is 14.5. The number of ether oxygens (including phenoxy) is 1. The lowest BCUT2D eigenvalue weighted by molar-refractivity contribution is 0.171. The van der Waals surface area contributed by atoms with Crippen LogP contribution in [0.2, 0.25) is 0 Å². The molecule has 0 fully saturated rings. The van der Waals surface area contributed by atoms with Gasteiger partial charge in [-0.2, -0.15) is 0 Å². The molecule has 0 atom stereocenters.